The second-order valence-corrected chi connectivity index (χ2v) is 9.66. The van der Waals surface area contributed by atoms with Gasteiger partial charge in [0.1, 0.15) is 16.5 Å². The molecule has 0 bridgehead atoms. The second kappa shape index (κ2) is 12.6. The zero-order chi connectivity index (χ0) is 23.7. The lowest BCUT2D eigenvalue weighted by Gasteiger charge is -2.17. The number of allylic oxidation sites excluding steroid dienone is 4. The molecule has 0 spiro atoms. The van der Waals surface area contributed by atoms with Gasteiger partial charge >= 0.3 is 0 Å². The van der Waals surface area contributed by atoms with Crippen LogP contribution in [-0.4, -0.2) is 34.9 Å². The van der Waals surface area contributed by atoms with Crippen LogP contribution in [-0.2, 0) is 14.3 Å². The summed E-state index contributed by atoms with van der Waals surface area (Å²) >= 11 is 3.15. The van der Waals surface area contributed by atoms with Crippen LogP contribution >= 0.6 is 22.7 Å². The number of nitrogens with two attached hydrogens (primary N) is 1. The van der Waals surface area contributed by atoms with Gasteiger partial charge in [0.15, 0.2) is 0 Å². The number of rotatable bonds is 12. The van der Waals surface area contributed by atoms with Crippen molar-refractivity contribution in [2.45, 2.75) is 46.1 Å². The number of hydrogen-bond donors (Lipinski definition) is 1. The van der Waals surface area contributed by atoms with Crippen LogP contribution in [0.2, 0.25) is 0 Å². The molecule has 2 N–H and O–H groups in total. The average molecular weight is 474 g/mol. The maximum atomic E-state index is 12.1. The van der Waals surface area contributed by atoms with Gasteiger partial charge in [0.05, 0.1) is 23.2 Å². The Kier molecular flexibility index (Phi) is 10.2. The number of thiazole rings is 2. The van der Waals surface area contributed by atoms with Crippen molar-refractivity contribution >= 4 is 40.4 Å². The predicted molar refractivity (Wildman–Crippen MR) is 133 cm³/mol. The standard InChI is InChI=1S/C24H31N3O3S2/c1-15(2)8-6-7-9-16(3)23-27-19(14-32-23)24-26-18(13-31-24)10-11-21(30-5)17(4)20(28)12-22(25)29/h6-11,13-17,21H,12H2,1-5H3,(H2,25,29). The topological polar surface area (TPSA) is 95.2 Å². The molecule has 0 fully saturated rings. The van der Waals surface area contributed by atoms with Crippen LogP contribution in [0.3, 0.4) is 0 Å². The highest BCUT2D eigenvalue weighted by atomic mass is 32.1. The van der Waals surface area contributed by atoms with Crippen LogP contribution in [0.5, 0.6) is 0 Å². The summed E-state index contributed by atoms with van der Waals surface area (Å²) in [7, 11) is 1.53. The molecule has 3 atom stereocenters. The zero-order valence-corrected chi connectivity index (χ0v) is 20.8. The number of Topliss-reactive ketones (excluding diaryl/α,β-unsaturated/α-hetero) is 1. The van der Waals surface area contributed by atoms with Gasteiger partial charge in [-0.3, -0.25) is 9.59 Å². The Labute approximate surface area is 197 Å². The minimum Gasteiger partial charge on any atom is -0.377 e. The van der Waals surface area contributed by atoms with Crippen molar-refractivity contribution in [2.24, 2.45) is 17.6 Å². The van der Waals surface area contributed by atoms with Crippen molar-refractivity contribution in [3.63, 3.8) is 0 Å². The van der Waals surface area contributed by atoms with Gasteiger partial charge in [0.2, 0.25) is 5.91 Å². The molecule has 172 valence electrons. The highest BCUT2D eigenvalue weighted by molar-refractivity contribution is 7.14. The fourth-order valence-electron chi connectivity index (χ4n) is 2.83. The summed E-state index contributed by atoms with van der Waals surface area (Å²) in [6.07, 6.45) is 11.3. The van der Waals surface area contributed by atoms with Crippen molar-refractivity contribution in [1.29, 1.82) is 0 Å². The van der Waals surface area contributed by atoms with E-state index in [0.717, 1.165) is 21.4 Å². The first-order valence-corrected chi connectivity index (χ1v) is 12.3. The summed E-state index contributed by atoms with van der Waals surface area (Å²) < 4.78 is 5.40. The molecule has 2 heterocycles. The first-order chi connectivity index (χ1) is 15.2. The molecular weight excluding hydrogens is 442 g/mol. The SMILES string of the molecule is COC(C=Cc1csc(-c2csc(C(C)C=CC=CC(C)C)n2)n1)C(C)C(=O)CC(N)=O. The third-order valence-electron chi connectivity index (χ3n) is 4.74. The zero-order valence-electron chi connectivity index (χ0n) is 19.1. The molecule has 2 rings (SSSR count). The van der Waals surface area contributed by atoms with Crippen LogP contribution in [0.25, 0.3) is 16.8 Å². The number of amides is 1. The summed E-state index contributed by atoms with van der Waals surface area (Å²) in [4.78, 5) is 32.5. The van der Waals surface area contributed by atoms with E-state index in [4.69, 9.17) is 15.5 Å². The molecule has 0 saturated carbocycles. The quantitative estimate of drug-likeness (QED) is 0.336. The Morgan fingerprint density at radius 3 is 2.44 bits per heavy atom. The molecular formula is C24H31N3O3S2. The Bertz CT molecular complexity index is 988. The minimum atomic E-state index is -0.635. The van der Waals surface area contributed by atoms with Gasteiger partial charge in [-0.25, -0.2) is 9.97 Å². The molecule has 6 nitrogen and oxygen atoms in total. The van der Waals surface area contributed by atoms with Gasteiger partial charge < -0.3 is 10.5 Å². The van der Waals surface area contributed by atoms with Crippen LogP contribution in [0, 0.1) is 11.8 Å². The number of carbonyl (C=O) groups excluding carboxylic acids is 2. The molecule has 0 aliphatic carbocycles. The lowest BCUT2D eigenvalue weighted by molar-refractivity contribution is -0.130. The summed E-state index contributed by atoms with van der Waals surface area (Å²) in [5.74, 6) is -0.595. The summed E-state index contributed by atoms with van der Waals surface area (Å²) in [5.41, 5.74) is 6.75. The van der Waals surface area contributed by atoms with Gasteiger partial charge in [0.25, 0.3) is 0 Å². The first-order valence-electron chi connectivity index (χ1n) is 10.5. The molecule has 8 heteroatoms. The fraction of sp³-hybridized carbons (Fsp3) is 0.417. The maximum absolute atomic E-state index is 12.1. The molecule has 1 amide bonds. The molecule has 2 aromatic rings. The Hall–Kier alpha value is -2.42. The van der Waals surface area contributed by atoms with Crippen molar-refractivity contribution in [3.8, 4) is 10.7 Å². The van der Waals surface area contributed by atoms with E-state index in [0.29, 0.717) is 5.92 Å². The van der Waals surface area contributed by atoms with E-state index >= 15 is 0 Å². The first kappa shape index (κ1) is 25.8. The monoisotopic (exact) mass is 473 g/mol. The number of methoxy groups -OCH3 is 1. The van der Waals surface area contributed by atoms with Gasteiger partial charge in [-0.15, -0.1) is 22.7 Å². The fourth-order valence-corrected chi connectivity index (χ4v) is 4.50. The number of primary amides is 1. The summed E-state index contributed by atoms with van der Waals surface area (Å²) in [6.45, 7) is 8.15. The summed E-state index contributed by atoms with van der Waals surface area (Å²) in [5, 5.41) is 5.85. The number of ether oxygens (including phenoxy) is 1. The van der Waals surface area contributed by atoms with Crippen LogP contribution in [0.15, 0.2) is 41.1 Å². The highest BCUT2D eigenvalue weighted by Gasteiger charge is 2.23. The van der Waals surface area contributed by atoms with Crippen molar-refractivity contribution in [1.82, 2.24) is 9.97 Å². The molecule has 0 aliphatic heterocycles. The van der Waals surface area contributed by atoms with Crippen LogP contribution < -0.4 is 5.73 Å². The lowest BCUT2D eigenvalue weighted by Crippen LogP contribution is -2.29. The minimum absolute atomic E-state index is 0.228. The normalized spacial score (nSPS) is 15.2. The van der Waals surface area contributed by atoms with E-state index < -0.39 is 17.9 Å². The van der Waals surface area contributed by atoms with Crippen molar-refractivity contribution in [2.75, 3.05) is 7.11 Å². The van der Waals surface area contributed by atoms with E-state index in [1.807, 2.05) is 16.8 Å². The van der Waals surface area contributed by atoms with Gasteiger partial charge in [-0.05, 0) is 12.0 Å². The summed E-state index contributed by atoms with van der Waals surface area (Å²) in [6, 6.07) is 0. The van der Waals surface area contributed by atoms with Gasteiger partial charge in [0, 0.05) is 29.7 Å². The largest absolute Gasteiger partial charge is 0.377 e. The van der Waals surface area contributed by atoms with E-state index in [-0.39, 0.29) is 18.1 Å². The van der Waals surface area contributed by atoms with E-state index in [1.165, 1.54) is 18.4 Å². The Morgan fingerprint density at radius 1 is 1.06 bits per heavy atom. The molecule has 3 unspecified atom stereocenters. The number of carbonyl (C=O) groups is 2. The number of ketones is 1. The van der Waals surface area contributed by atoms with Gasteiger partial charge in [-0.1, -0.05) is 58.1 Å². The second-order valence-electron chi connectivity index (χ2n) is 7.91. The predicted octanol–water partition coefficient (Wildman–Crippen LogP) is 5.25. The molecule has 0 saturated heterocycles. The van der Waals surface area contributed by atoms with Gasteiger partial charge in [-0.2, -0.15) is 0 Å². The molecule has 0 aliphatic rings. The van der Waals surface area contributed by atoms with Crippen LogP contribution in [0.1, 0.15) is 50.7 Å². The highest BCUT2D eigenvalue weighted by Crippen LogP contribution is 2.29. The third-order valence-corrected chi connectivity index (χ3v) is 6.67. The van der Waals surface area contributed by atoms with Crippen molar-refractivity contribution in [3.05, 3.63) is 51.8 Å². The lowest BCUT2D eigenvalue weighted by atomic mass is 9.96. The molecule has 0 aromatic carbocycles. The maximum Gasteiger partial charge on any atom is 0.224 e. The Balaban J connectivity index is 2.04. The number of nitrogens with zero attached hydrogens (tertiary/aromatic N) is 2. The molecule has 0 radical (unpaired) electrons. The smallest absolute Gasteiger partial charge is 0.224 e. The number of aromatic nitrogens is 2. The van der Waals surface area contributed by atoms with Crippen molar-refractivity contribution < 1.29 is 14.3 Å². The van der Waals surface area contributed by atoms with Crippen LogP contribution in [0.4, 0.5) is 0 Å². The Morgan fingerprint density at radius 2 is 1.78 bits per heavy atom. The molecule has 2 aromatic heterocycles. The van der Waals surface area contributed by atoms with E-state index in [1.54, 1.807) is 24.3 Å². The number of hydrogen-bond acceptors (Lipinski definition) is 7. The average Bonchev–Trinajstić information content (AvgIpc) is 3.40. The van der Waals surface area contributed by atoms with E-state index in [2.05, 4.69) is 50.1 Å². The third kappa shape index (κ3) is 7.93. The van der Waals surface area contributed by atoms with E-state index in [9.17, 15) is 9.59 Å². The molecule has 32 heavy (non-hydrogen) atoms.